The Kier molecular flexibility index (Phi) is 5.82. The molecule has 0 aliphatic carbocycles. The van der Waals surface area contributed by atoms with E-state index in [4.69, 9.17) is 11.6 Å². The number of alkyl halides is 1. The summed E-state index contributed by atoms with van der Waals surface area (Å²) in [4.78, 5) is 4.16. The van der Waals surface area contributed by atoms with E-state index < -0.39 is 10.0 Å². The van der Waals surface area contributed by atoms with Crippen LogP contribution in [0.15, 0.2) is 11.2 Å². The third-order valence-corrected chi connectivity index (χ3v) is 5.17. The van der Waals surface area contributed by atoms with Crippen LogP contribution in [0, 0.1) is 6.92 Å². The molecule has 0 bridgehead atoms. The maximum atomic E-state index is 12.6. The molecular formula is C12H22ClN3O2S. The van der Waals surface area contributed by atoms with E-state index in [9.17, 15) is 8.42 Å². The Morgan fingerprint density at radius 3 is 2.53 bits per heavy atom. The summed E-state index contributed by atoms with van der Waals surface area (Å²) in [5.41, 5.74) is 0. The number of imidazole rings is 1. The van der Waals surface area contributed by atoms with Gasteiger partial charge in [-0.25, -0.2) is 13.4 Å². The van der Waals surface area contributed by atoms with Crippen molar-refractivity contribution in [2.75, 3.05) is 12.4 Å². The summed E-state index contributed by atoms with van der Waals surface area (Å²) in [6, 6.07) is -0.111. The molecule has 0 fully saturated rings. The molecule has 1 aromatic heterocycles. The highest BCUT2D eigenvalue weighted by Crippen LogP contribution is 2.18. The van der Waals surface area contributed by atoms with Gasteiger partial charge in [-0.3, -0.25) is 0 Å². The zero-order valence-corrected chi connectivity index (χ0v) is 13.5. The third-order valence-electron chi connectivity index (χ3n) is 2.96. The van der Waals surface area contributed by atoms with E-state index in [0.29, 0.717) is 31.2 Å². The van der Waals surface area contributed by atoms with Crippen molar-refractivity contribution in [3.8, 4) is 0 Å². The van der Waals surface area contributed by atoms with Crippen LogP contribution >= 0.6 is 11.6 Å². The molecule has 0 amide bonds. The number of halogens is 1. The fourth-order valence-electron chi connectivity index (χ4n) is 1.92. The monoisotopic (exact) mass is 307 g/mol. The second-order valence-corrected chi connectivity index (χ2v) is 6.88. The molecule has 110 valence electrons. The molecule has 1 aromatic rings. The van der Waals surface area contributed by atoms with Crippen molar-refractivity contribution >= 4 is 21.6 Å². The van der Waals surface area contributed by atoms with Crippen LogP contribution in [0.4, 0.5) is 0 Å². The maximum Gasteiger partial charge on any atom is 0.262 e. The summed E-state index contributed by atoms with van der Waals surface area (Å²) in [6.07, 6.45) is 2.23. The van der Waals surface area contributed by atoms with E-state index >= 15 is 0 Å². The quantitative estimate of drug-likeness (QED) is 0.726. The molecule has 5 nitrogen and oxygen atoms in total. The van der Waals surface area contributed by atoms with Crippen LogP contribution < -0.4 is 0 Å². The standard InChI is InChI=1S/C12H22ClN3O2S/c1-5-15-9-12(14-11(15)4)19(17,18)16(10(2)3)8-6-7-13/h9-10H,5-8H2,1-4H3. The number of sulfonamides is 1. The molecule has 1 rings (SSSR count). The first-order valence-corrected chi connectivity index (χ1v) is 8.43. The lowest BCUT2D eigenvalue weighted by Gasteiger charge is -2.24. The van der Waals surface area contributed by atoms with Gasteiger partial charge in [-0.1, -0.05) is 0 Å². The van der Waals surface area contributed by atoms with Crippen LogP contribution in [-0.2, 0) is 16.6 Å². The molecule has 0 atom stereocenters. The van der Waals surface area contributed by atoms with E-state index in [-0.39, 0.29) is 11.1 Å². The number of aryl methyl sites for hydroxylation is 2. The first kappa shape index (κ1) is 16.5. The number of hydrogen-bond donors (Lipinski definition) is 0. The SMILES string of the molecule is CCn1cc(S(=O)(=O)N(CCCCl)C(C)C)nc1C. The van der Waals surface area contributed by atoms with Crippen molar-refractivity contribution < 1.29 is 8.42 Å². The van der Waals surface area contributed by atoms with E-state index in [1.165, 1.54) is 4.31 Å². The Morgan fingerprint density at radius 1 is 1.47 bits per heavy atom. The van der Waals surface area contributed by atoms with Gasteiger partial charge in [0.05, 0.1) is 0 Å². The molecule has 0 radical (unpaired) electrons. The molecule has 0 aliphatic heterocycles. The second kappa shape index (κ2) is 6.72. The second-order valence-electron chi connectivity index (χ2n) is 4.66. The van der Waals surface area contributed by atoms with Crippen molar-refractivity contribution in [3.05, 3.63) is 12.0 Å². The lowest BCUT2D eigenvalue weighted by molar-refractivity contribution is 0.353. The van der Waals surface area contributed by atoms with Crippen LogP contribution in [0.2, 0.25) is 0 Å². The molecule has 0 N–H and O–H groups in total. The zero-order valence-electron chi connectivity index (χ0n) is 11.9. The summed E-state index contributed by atoms with van der Waals surface area (Å²) in [5, 5.41) is 0.120. The molecule has 0 saturated heterocycles. The molecule has 0 aliphatic rings. The first-order chi connectivity index (χ1) is 8.84. The van der Waals surface area contributed by atoms with Crippen molar-refractivity contribution in [1.29, 1.82) is 0 Å². The predicted molar refractivity (Wildman–Crippen MR) is 77.0 cm³/mol. The third kappa shape index (κ3) is 3.70. The zero-order chi connectivity index (χ0) is 14.6. The van der Waals surface area contributed by atoms with Gasteiger partial charge in [0.2, 0.25) is 0 Å². The summed E-state index contributed by atoms with van der Waals surface area (Å²) in [6.45, 7) is 8.60. The number of nitrogens with zero attached hydrogens (tertiary/aromatic N) is 3. The highest BCUT2D eigenvalue weighted by atomic mass is 35.5. The van der Waals surface area contributed by atoms with Gasteiger partial charge >= 0.3 is 0 Å². The number of aromatic nitrogens is 2. The molecule has 0 aromatic carbocycles. The summed E-state index contributed by atoms with van der Waals surface area (Å²) in [7, 11) is -3.54. The Labute approximate surface area is 120 Å². The van der Waals surface area contributed by atoms with Gasteiger partial charge in [-0.15, -0.1) is 11.6 Å². The lowest BCUT2D eigenvalue weighted by Crippen LogP contribution is -2.38. The van der Waals surface area contributed by atoms with Crippen molar-refractivity contribution in [2.24, 2.45) is 0 Å². The van der Waals surface area contributed by atoms with Crippen molar-refractivity contribution in [3.63, 3.8) is 0 Å². The van der Waals surface area contributed by atoms with Crippen LogP contribution in [0.5, 0.6) is 0 Å². The average molecular weight is 308 g/mol. The van der Waals surface area contributed by atoms with Gasteiger partial charge in [-0.2, -0.15) is 4.31 Å². The molecule has 1 heterocycles. The summed E-state index contributed by atoms with van der Waals surface area (Å²) in [5.74, 6) is 1.16. The normalized spacial score (nSPS) is 12.6. The Hall–Kier alpha value is -0.590. The van der Waals surface area contributed by atoms with E-state index in [1.807, 2.05) is 25.3 Å². The van der Waals surface area contributed by atoms with Crippen molar-refractivity contribution in [2.45, 2.75) is 51.7 Å². The Bertz CT molecular complexity index is 511. The predicted octanol–water partition coefficient (Wildman–Crippen LogP) is 2.24. The van der Waals surface area contributed by atoms with Crippen LogP contribution in [-0.4, -0.2) is 40.7 Å². The minimum atomic E-state index is -3.54. The van der Waals surface area contributed by atoms with Gasteiger partial charge in [0, 0.05) is 31.2 Å². The molecule has 0 spiro atoms. The van der Waals surface area contributed by atoms with Gasteiger partial charge in [-0.05, 0) is 34.1 Å². The fraction of sp³-hybridized carbons (Fsp3) is 0.750. The molecule has 0 saturated carbocycles. The van der Waals surface area contributed by atoms with Gasteiger partial charge in [0.25, 0.3) is 10.0 Å². The molecule has 0 unspecified atom stereocenters. The summed E-state index contributed by atoms with van der Waals surface area (Å²) < 4.78 is 28.4. The maximum absolute atomic E-state index is 12.6. The van der Waals surface area contributed by atoms with E-state index in [2.05, 4.69) is 4.98 Å². The van der Waals surface area contributed by atoms with Crippen LogP contribution in [0.25, 0.3) is 0 Å². The van der Waals surface area contributed by atoms with Crippen molar-refractivity contribution in [1.82, 2.24) is 13.9 Å². The fourth-order valence-corrected chi connectivity index (χ4v) is 3.71. The van der Waals surface area contributed by atoms with Crippen LogP contribution in [0.3, 0.4) is 0 Å². The molecule has 19 heavy (non-hydrogen) atoms. The van der Waals surface area contributed by atoms with E-state index in [0.717, 1.165) is 0 Å². The largest absolute Gasteiger partial charge is 0.334 e. The van der Waals surface area contributed by atoms with Gasteiger partial charge < -0.3 is 4.57 Å². The van der Waals surface area contributed by atoms with Crippen LogP contribution in [0.1, 0.15) is 33.0 Å². The molecular weight excluding hydrogens is 286 g/mol. The highest BCUT2D eigenvalue weighted by Gasteiger charge is 2.29. The topological polar surface area (TPSA) is 55.2 Å². The lowest BCUT2D eigenvalue weighted by atomic mass is 10.4. The van der Waals surface area contributed by atoms with Gasteiger partial charge in [0.15, 0.2) is 5.03 Å². The first-order valence-electron chi connectivity index (χ1n) is 6.46. The summed E-state index contributed by atoms with van der Waals surface area (Å²) >= 11 is 5.66. The number of hydrogen-bond acceptors (Lipinski definition) is 3. The molecule has 7 heteroatoms. The average Bonchev–Trinajstić information content (AvgIpc) is 2.71. The minimum Gasteiger partial charge on any atom is -0.334 e. The number of rotatable bonds is 7. The van der Waals surface area contributed by atoms with Gasteiger partial charge in [0.1, 0.15) is 5.82 Å². The minimum absolute atomic E-state index is 0.111. The highest BCUT2D eigenvalue weighted by molar-refractivity contribution is 7.89. The Balaban J connectivity index is 3.11. The smallest absolute Gasteiger partial charge is 0.262 e. The van der Waals surface area contributed by atoms with E-state index in [1.54, 1.807) is 13.1 Å². The Morgan fingerprint density at radius 2 is 2.11 bits per heavy atom.